The average molecular weight is 430 g/mol. The number of rotatable bonds is 20. The van der Waals surface area contributed by atoms with E-state index in [9.17, 15) is 9.59 Å². The van der Waals surface area contributed by atoms with Crippen molar-refractivity contribution in [3.63, 3.8) is 0 Å². The molecule has 0 aliphatic heterocycles. The first-order valence-electron chi connectivity index (χ1n) is 11.4. The van der Waals surface area contributed by atoms with Gasteiger partial charge in [-0.15, -0.1) is 0 Å². The lowest BCUT2D eigenvalue weighted by atomic mass is 10.1. The quantitative estimate of drug-likeness (QED) is 0.136. The van der Waals surface area contributed by atoms with Gasteiger partial charge in [-0.1, -0.05) is 70.4 Å². The number of nitrogens with one attached hydrogen (secondary N) is 1. The van der Waals surface area contributed by atoms with Gasteiger partial charge in [0.2, 0.25) is 5.91 Å². The van der Waals surface area contributed by atoms with Crippen LogP contribution in [0.4, 0.5) is 0 Å². The van der Waals surface area contributed by atoms with Gasteiger partial charge in [0.05, 0.1) is 6.61 Å². The fourth-order valence-electron chi connectivity index (χ4n) is 3.02. The van der Waals surface area contributed by atoms with Crippen LogP contribution in [0.5, 0.6) is 0 Å². The number of hydrogen-bond donors (Lipinski definition) is 2. The Bertz CT molecular complexity index is 441. The number of carboxylic acid groups (broad SMARTS) is 1. The fourth-order valence-corrected chi connectivity index (χ4v) is 3.47. The predicted molar refractivity (Wildman–Crippen MR) is 124 cm³/mol. The summed E-state index contributed by atoms with van der Waals surface area (Å²) in [5.74, 6) is -1.24. The zero-order chi connectivity index (χ0) is 21.7. The maximum Gasteiger partial charge on any atom is 0.328 e. The number of carbonyl (C=O) groups excluding carboxylic acids is 1. The van der Waals surface area contributed by atoms with E-state index in [2.05, 4.69) is 24.4 Å². The Morgan fingerprint density at radius 1 is 0.897 bits per heavy atom. The van der Waals surface area contributed by atoms with Gasteiger partial charge in [0.1, 0.15) is 0 Å². The van der Waals surface area contributed by atoms with Crippen LogP contribution < -0.4 is 5.32 Å². The number of aliphatic carboxylic acids is 1. The Morgan fingerprint density at radius 2 is 1.41 bits per heavy atom. The smallest absolute Gasteiger partial charge is 0.328 e. The second-order valence-corrected chi connectivity index (χ2v) is 9.78. The predicted octanol–water partition coefficient (Wildman–Crippen LogP) is 6.27. The van der Waals surface area contributed by atoms with Crippen molar-refractivity contribution in [3.8, 4) is 0 Å². The van der Waals surface area contributed by atoms with Crippen LogP contribution in [0.15, 0.2) is 12.2 Å². The summed E-state index contributed by atoms with van der Waals surface area (Å²) in [5.41, 5.74) is 0. The van der Waals surface area contributed by atoms with Gasteiger partial charge in [0.25, 0.3) is 0 Å². The summed E-state index contributed by atoms with van der Waals surface area (Å²) in [4.78, 5) is 23.1. The highest BCUT2D eigenvalue weighted by Gasteiger charge is 2.20. The molecule has 0 aromatic rings. The Labute approximate surface area is 179 Å². The van der Waals surface area contributed by atoms with Crippen molar-refractivity contribution in [1.82, 2.24) is 5.32 Å². The summed E-state index contributed by atoms with van der Waals surface area (Å²) in [6, 6.07) is -0.949. The minimum absolute atomic E-state index is 0.0339. The second kappa shape index (κ2) is 20.3. The van der Waals surface area contributed by atoms with E-state index in [4.69, 9.17) is 9.63 Å². The monoisotopic (exact) mass is 429 g/mol. The fraction of sp³-hybridized carbons (Fsp3) is 0.826. The molecule has 0 fully saturated rings. The van der Waals surface area contributed by atoms with Gasteiger partial charge < -0.3 is 14.9 Å². The van der Waals surface area contributed by atoms with Crippen molar-refractivity contribution in [2.75, 3.05) is 19.9 Å². The van der Waals surface area contributed by atoms with Crippen LogP contribution in [-0.4, -0.2) is 43.0 Å². The summed E-state index contributed by atoms with van der Waals surface area (Å²) in [6.07, 6.45) is 20.8. The van der Waals surface area contributed by atoms with Crippen molar-refractivity contribution in [2.45, 2.75) is 103 Å². The van der Waals surface area contributed by atoms with Crippen molar-refractivity contribution >= 4 is 20.0 Å². The number of carboxylic acids is 1. The molecule has 0 rings (SSSR count). The van der Waals surface area contributed by atoms with Crippen LogP contribution in [0.3, 0.4) is 0 Å². The lowest BCUT2D eigenvalue weighted by Gasteiger charge is -2.16. The molecule has 0 radical (unpaired) electrons. The van der Waals surface area contributed by atoms with Crippen LogP contribution in [0.25, 0.3) is 0 Å². The molecule has 0 unspecified atom stereocenters. The highest BCUT2D eigenvalue weighted by molar-refractivity contribution is 7.50. The van der Waals surface area contributed by atoms with Gasteiger partial charge >= 0.3 is 5.97 Å². The topological polar surface area (TPSA) is 75.6 Å². The molecule has 6 heteroatoms. The standard InChI is InChI=1S/C23H44NO4P/c1-4-5-6-7-8-9-10-11-12-13-14-15-16-17-18-19-22(25)24-21(23(26)27)20-28-29(2)3/h11-12,21H,4-10,13-20H2,1-3H3,(H,24,25)(H,26,27)/b12-11-/t21-/m0/s1. The second-order valence-electron chi connectivity index (χ2n) is 7.90. The van der Waals surface area contributed by atoms with Crippen LogP contribution >= 0.6 is 8.15 Å². The normalized spacial score (nSPS) is 12.6. The number of unbranched alkanes of at least 4 members (excludes halogenated alkanes) is 11. The van der Waals surface area contributed by atoms with Crippen LogP contribution in [0.2, 0.25) is 0 Å². The molecule has 29 heavy (non-hydrogen) atoms. The Kier molecular flexibility index (Phi) is 19.7. The molecule has 1 atom stereocenters. The van der Waals surface area contributed by atoms with Crippen molar-refractivity contribution in [1.29, 1.82) is 0 Å². The molecule has 1 amide bonds. The molecule has 0 aliphatic rings. The third-order valence-corrected chi connectivity index (χ3v) is 5.46. The van der Waals surface area contributed by atoms with E-state index >= 15 is 0 Å². The van der Waals surface area contributed by atoms with Gasteiger partial charge in [-0.25, -0.2) is 4.79 Å². The molecule has 5 nitrogen and oxygen atoms in total. The molecule has 0 aliphatic carbocycles. The molecule has 0 saturated heterocycles. The summed E-state index contributed by atoms with van der Waals surface area (Å²) in [5, 5.41) is 11.7. The maximum atomic E-state index is 11.9. The first-order valence-corrected chi connectivity index (χ1v) is 13.6. The van der Waals surface area contributed by atoms with E-state index in [0.29, 0.717) is 6.42 Å². The maximum absolute atomic E-state index is 11.9. The summed E-state index contributed by atoms with van der Waals surface area (Å²) < 4.78 is 5.36. The zero-order valence-electron chi connectivity index (χ0n) is 19.0. The summed E-state index contributed by atoms with van der Waals surface area (Å²) in [7, 11) is -0.631. The highest BCUT2D eigenvalue weighted by Crippen LogP contribution is 2.25. The molecule has 0 heterocycles. The minimum atomic E-state index is -1.04. The van der Waals surface area contributed by atoms with E-state index in [1.54, 1.807) is 0 Å². The third kappa shape index (κ3) is 20.1. The van der Waals surface area contributed by atoms with E-state index in [1.165, 1.54) is 57.8 Å². The SMILES string of the molecule is CCCCCCCC/C=C\CCCCCCCC(=O)N[C@@H](COP(C)C)C(=O)O. The van der Waals surface area contributed by atoms with Crippen LogP contribution in [0, 0.1) is 0 Å². The molecule has 0 saturated carbocycles. The lowest BCUT2D eigenvalue weighted by molar-refractivity contribution is -0.142. The largest absolute Gasteiger partial charge is 0.480 e. The van der Waals surface area contributed by atoms with E-state index in [-0.39, 0.29) is 12.5 Å². The molecular formula is C23H44NO4P. The Balaban J connectivity index is 3.53. The van der Waals surface area contributed by atoms with E-state index in [1.807, 2.05) is 13.3 Å². The number of allylic oxidation sites excluding steroid dienone is 2. The van der Waals surface area contributed by atoms with E-state index in [0.717, 1.165) is 25.7 Å². The molecular weight excluding hydrogens is 385 g/mol. The molecule has 0 spiro atoms. The minimum Gasteiger partial charge on any atom is -0.480 e. The molecule has 2 N–H and O–H groups in total. The zero-order valence-corrected chi connectivity index (χ0v) is 19.9. The van der Waals surface area contributed by atoms with E-state index < -0.39 is 20.2 Å². The van der Waals surface area contributed by atoms with Gasteiger partial charge in [0, 0.05) is 14.6 Å². The van der Waals surface area contributed by atoms with Gasteiger partial charge in [-0.3, -0.25) is 4.79 Å². The first-order chi connectivity index (χ1) is 14.0. The first kappa shape index (κ1) is 28.1. The van der Waals surface area contributed by atoms with Gasteiger partial charge in [0.15, 0.2) is 6.04 Å². The van der Waals surface area contributed by atoms with Gasteiger partial charge in [-0.2, -0.15) is 0 Å². The molecule has 0 aromatic heterocycles. The summed E-state index contributed by atoms with van der Waals surface area (Å²) in [6.45, 7) is 6.09. The van der Waals surface area contributed by atoms with Crippen molar-refractivity contribution in [3.05, 3.63) is 12.2 Å². The summed E-state index contributed by atoms with van der Waals surface area (Å²) >= 11 is 0. The average Bonchev–Trinajstić information content (AvgIpc) is 2.67. The van der Waals surface area contributed by atoms with Crippen molar-refractivity contribution < 1.29 is 19.2 Å². The van der Waals surface area contributed by atoms with Crippen LogP contribution in [-0.2, 0) is 14.1 Å². The lowest BCUT2D eigenvalue weighted by Crippen LogP contribution is -2.43. The van der Waals surface area contributed by atoms with Crippen LogP contribution in [0.1, 0.15) is 96.8 Å². The Morgan fingerprint density at radius 3 is 1.93 bits per heavy atom. The highest BCUT2D eigenvalue weighted by atomic mass is 31.1. The molecule has 170 valence electrons. The Hall–Kier alpha value is -0.930. The molecule has 0 aromatic carbocycles. The van der Waals surface area contributed by atoms with Crippen molar-refractivity contribution in [2.24, 2.45) is 0 Å². The number of hydrogen-bond acceptors (Lipinski definition) is 3. The number of amides is 1. The molecule has 0 bridgehead atoms. The number of carbonyl (C=O) groups is 2. The third-order valence-electron chi connectivity index (χ3n) is 4.80. The van der Waals surface area contributed by atoms with Gasteiger partial charge in [-0.05, 0) is 45.4 Å².